The number of likely N-dealkylation sites (tertiary alicyclic amines) is 1. The van der Waals surface area contributed by atoms with Gasteiger partial charge < -0.3 is 24.8 Å². The topological polar surface area (TPSA) is 67.4 Å². The molecule has 2 N–H and O–H groups in total. The van der Waals surface area contributed by atoms with Crippen LogP contribution in [0.2, 0.25) is 0 Å². The fourth-order valence-corrected chi connectivity index (χ4v) is 4.64. The maximum atomic E-state index is 5.45. The van der Waals surface area contributed by atoms with Crippen LogP contribution in [0.5, 0.6) is 17.2 Å². The molecule has 1 aromatic carbocycles. The zero-order valence-corrected chi connectivity index (χ0v) is 19.1. The minimum atomic E-state index is 0.368. The van der Waals surface area contributed by atoms with Gasteiger partial charge in [-0.25, -0.2) is 0 Å². The van der Waals surface area contributed by atoms with Crippen LogP contribution in [0, 0.1) is 0 Å². The molecule has 2 heterocycles. The van der Waals surface area contributed by atoms with Crippen LogP contribution in [0.15, 0.2) is 34.6 Å². The standard InChI is InChI=1S/C22H32N4O3S/c1-23-22(24-14-16-12-18(27-2)21(29-4)19(13-16)28-3)25-15-17(20-8-7-11-30-20)26-9-5-6-10-26/h7-8,11-13,17H,5-6,9-10,14-15H2,1-4H3,(H2,23,24,25). The van der Waals surface area contributed by atoms with Crippen molar-refractivity contribution in [2.75, 3.05) is 48.0 Å². The molecule has 164 valence electrons. The van der Waals surface area contributed by atoms with E-state index in [1.807, 2.05) is 23.5 Å². The second-order valence-corrected chi connectivity index (χ2v) is 8.09. The van der Waals surface area contributed by atoms with Crippen molar-refractivity contribution in [3.63, 3.8) is 0 Å². The van der Waals surface area contributed by atoms with E-state index in [-0.39, 0.29) is 0 Å². The number of nitrogens with zero attached hydrogens (tertiary/aromatic N) is 2. The summed E-state index contributed by atoms with van der Waals surface area (Å²) < 4.78 is 16.3. The first-order chi connectivity index (χ1) is 14.7. The van der Waals surface area contributed by atoms with Gasteiger partial charge in [0.15, 0.2) is 17.5 Å². The molecule has 0 radical (unpaired) electrons. The number of methoxy groups -OCH3 is 3. The third-order valence-electron chi connectivity index (χ3n) is 5.32. The molecule has 1 fully saturated rings. The van der Waals surface area contributed by atoms with E-state index in [4.69, 9.17) is 14.2 Å². The first-order valence-corrected chi connectivity index (χ1v) is 11.1. The highest BCUT2D eigenvalue weighted by Crippen LogP contribution is 2.38. The maximum absolute atomic E-state index is 5.45. The van der Waals surface area contributed by atoms with E-state index in [1.165, 1.54) is 17.7 Å². The van der Waals surface area contributed by atoms with E-state index in [0.717, 1.165) is 31.2 Å². The van der Waals surface area contributed by atoms with Crippen molar-refractivity contribution >= 4 is 17.3 Å². The van der Waals surface area contributed by atoms with Crippen molar-refractivity contribution in [3.05, 3.63) is 40.1 Å². The Morgan fingerprint density at radius 3 is 2.33 bits per heavy atom. The summed E-state index contributed by atoms with van der Waals surface area (Å²) in [5.41, 5.74) is 1.02. The summed E-state index contributed by atoms with van der Waals surface area (Å²) in [5, 5.41) is 9.04. The van der Waals surface area contributed by atoms with Crippen molar-refractivity contribution in [1.29, 1.82) is 0 Å². The number of ether oxygens (including phenoxy) is 3. The Labute approximate surface area is 183 Å². The molecular weight excluding hydrogens is 400 g/mol. The van der Waals surface area contributed by atoms with Crippen molar-refractivity contribution in [2.45, 2.75) is 25.4 Å². The molecule has 30 heavy (non-hydrogen) atoms. The predicted molar refractivity (Wildman–Crippen MR) is 122 cm³/mol. The van der Waals surface area contributed by atoms with Gasteiger partial charge in [-0.05, 0) is 55.1 Å². The zero-order valence-electron chi connectivity index (χ0n) is 18.2. The first-order valence-electron chi connectivity index (χ1n) is 10.2. The van der Waals surface area contributed by atoms with Crippen LogP contribution < -0.4 is 24.8 Å². The van der Waals surface area contributed by atoms with Gasteiger partial charge >= 0.3 is 0 Å². The number of aliphatic imine (C=N–C) groups is 1. The van der Waals surface area contributed by atoms with E-state index in [1.54, 1.807) is 28.4 Å². The van der Waals surface area contributed by atoms with Crippen molar-refractivity contribution in [1.82, 2.24) is 15.5 Å². The predicted octanol–water partition coefficient (Wildman–Crippen LogP) is 3.28. The molecule has 7 nitrogen and oxygen atoms in total. The molecule has 8 heteroatoms. The summed E-state index contributed by atoms with van der Waals surface area (Å²) in [6, 6.07) is 8.61. The summed E-state index contributed by atoms with van der Waals surface area (Å²) in [7, 11) is 6.64. The number of hydrogen-bond acceptors (Lipinski definition) is 6. The van der Waals surface area contributed by atoms with Crippen LogP contribution in [0.3, 0.4) is 0 Å². The highest BCUT2D eigenvalue weighted by atomic mass is 32.1. The molecule has 2 aromatic rings. The molecule has 0 saturated carbocycles. The average Bonchev–Trinajstić information content (AvgIpc) is 3.50. The minimum absolute atomic E-state index is 0.368. The normalized spacial score (nSPS) is 15.7. The van der Waals surface area contributed by atoms with E-state index in [2.05, 4.69) is 38.0 Å². The van der Waals surface area contributed by atoms with Gasteiger partial charge in [0.1, 0.15) is 0 Å². The smallest absolute Gasteiger partial charge is 0.203 e. The zero-order chi connectivity index (χ0) is 21.3. The second-order valence-electron chi connectivity index (χ2n) is 7.11. The first kappa shape index (κ1) is 22.2. The Morgan fingerprint density at radius 1 is 1.10 bits per heavy atom. The van der Waals surface area contributed by atoms with Gasteiger partial charge in [-0.1, -0.05) is 6.07 Å². The molecule has 1 saturated heterocycles. The molecule has 3 rings (SSSR count). The molecule has 0 aliphatic carbocycles. The molecule has 1 aliphatic heterocycles. The van der Waals surface area contributed by atoms with Crippen LogP contribution in [0.1, 0.15) is 29.3 Å². The molecule has 1 unspecified atom stereocenters. The Balaban J connectivity index is 1.63. The minimum Gasteiger partial charge on any atom is -0.493 e. The van der Waals surface area contributed by atoms with Crippen molar-refractivity contribution in [3.8, 4) is 17.2 Å². The van der Waals surface area contributed by atoms with E-state index < -0.39 is 0 Å². The van der Waals surface area contributed by atoms with Gasteiger partial charge in [-0.3, -0.25) is 9.89 Å². The van der Waals surface area contributed by atoms with Gasteiger partial charge in [0.25, 0.3) is 0 Å². The van der Waals surface area contributed by atoms with Gasteiger partial charge in [-0.15, -0.1) is 11.3 Å². The van der Waals surface area contributed by atoms with Crippen LogP contribution in [-0.2, 0) is 6.54 Å². The largest absolute Gasteiger partial charge is 0.493 e. The molecule has 1 aromatic heterocycles. The summed E-state index contributed by atoms with van der Waals surface area (Å²) in [5.74, 6) is 2.65. The van der Waals surface area contributed by atoms with E-state index >= 15 is 0 Å². The third kappa shape index (κ3) is 5.37. The molecular formula is C22H32N4O3S. The monoisotopic (exact) mass is 432 g/mol. The maximum Gasteiger partial charge on any atom is 0.203 e. The molecule has 1 atom stereocenters. The lowest BCUT2D eigenvalue weighted by Gasteiger charge is -2.27. The van der Waals surface area contributed by atoms with Gasteiger partial charge in [0.2, 0.25) is 5.75 Å². The fraction of sp³-hybridized carbons (Fsp3) is 0.500. The van der Waals surface area contributed by atoms with Gasteiger partial charge in [-0.2, -0.15) is 0 Å². The van der Waals surface area contributed by atoms with E-state index in [9.17, 15) is 0 Å². The van der Waals surface area contributed by atoms with Crippen LogP contribution in [0.4, 0.5) is 0 Å². The lowest BCUT2D eigenvalue weighted by Crippen LogP contribution is -2.42. The Morgan fingerprint density at radius 2 is 1.80 bits per heavy atom. The average molecular weight is 433 g/mol. The van der Waals surface area contributed by atoms with Crippen LogP contribution in [0.25, 0.3) is 0 Å². The van der Waals surface area contributed by atoms with Crippen molar-refractivity contribution in [2.24, 2.45) is 4.99 Å². The SMILES string of the molecule is CN=C(NCc1cc(OC)c(OC)c(OC)c1)NCC(c1cccs1)N1CCCC1. The van der Waals surface area contributed by atoms with E-state index in [0.29, 0.717) is 29.8 Å². The highest BCUT2D eigenvalue weighted by Gasteiger charge is 2.24. The summed E-state index contributed by atoms with van der Waals surface area (Å²) in [4.78, 5) is 8.35. The molecule has 0 bridgehead atoms. The highest BCUT2D eigenvalue weighted by molar-refractivity contribution is 7.10. The number of benzene rings is 1. The Kier molecular flexibility index (Phi) is 8.21. The van der Waals surface area contributed by atoms with Gasteiger partial charge in [0, 0.05) is 25.0 Å². The lowest BCUT2D eigenvalue weighted by molar-refractivity contribution is 0.249. The van der Waals surface area contributed by atoms with Crippen LogP contribution in [-0.4, -0.2) is 58.9 Å². The molecule has 0 spiro atoms. The Bertz CT molecular complexity index is 795. The number of thiophene rings is 1. The number of nitrogens with one attached hydrogen (secondary N) is 2. The van der Waals surface area contributed by atoms with Crippen molar-refractivity contribution < 1.29 is 14.2 Å². The fourth-order valence-electron chi connectivity index (χ4n) is 3.78. The molecule has 1 aliphatic rings. The summed E-state index contributed by atoms with van der Waals surface area (Å²) in [6.07, 6.45) is 2.55. The third-order valence-corrected chi connectivity index (χ3v) is 6.30. The number of guanidine groups is 1. The van der Waals surface area contributed by atoms with Crippen LogP contribution >= 0.6 is 11.3 Å². The Hall–Kier alpha value is -2.45. The molecule has 0 amide bonds. The quantitative estimate of drug-likeness (QED) is 0.468. The second kappa shape index (κ2) is 11.1. The van der Waals surface area contributed by atoms with Gasteiger partial charge in [0.05, 0.1) is 27.4 Å². The number of rotatable bonds is 9. The summed E-state index contributed by atoms with van der Waals surface area (Å²) >= 11 is 1.82. The lowest BCUT2D eigenvalue weighted by atomic mass is 10.1. The summed E-state index contributed by atoms with van der Waals surface area (Å²) in [6.45, 7) is 3.71. The number of hydrogen-bond donors (Lipinski definition) is 2.